The number of aromatic nitrogens is 2. The van der Waals surface area contributed by atoms with Crippen LogP contribution in [-0.2, 0) is 16.0 Å². The molecular formula is C13H20N4O2S. The van der Waals surface area contributed by atoms with Crippen LogP contribution in [0.3, 0.4) is 0 Å². The predicted octanol–water partition coefficient (Wildman–Crippen LogP) is 1.83. The third kappa shape index (κ3) is 3.53. The first-order valence-corrected chi connectivity index (χ1v) is 7.86. The van der Waals surface area contributed by atoms with E-state index in [-0.39, 0.29) is 11.8 Å². The lowest BCUT2D eigenvalue weighted by atomic mass is 10.2. The second-order valence-corrected chi connectivity index (χ2v) is 5.98. The van der Waals surface area contributed by atoms with E-state index in [9.17, 15) is 9.59 Å². The van der Waals surface area contributed by atoms with E-state index < -0.39 is 6.04 Å². The Kier molecular flexibility index (Phi) is 5.05. The van der Waals surface area contributed by atoms with Crippen molar-refractivity contribution in [3.63, 3.8) is 0 Å². The van der Waals surface area contributed by atoms with Gasteiger partial charge in [0.1, 0.15) is 11.0 Å². The quantitative estimate of drug-likeness (QED) is 0.919. The molecule has 0 bridgehead atoms. The van der Waals surface area contributed by atoms with E-state index in [1.807, 2.05) is 6.92 Å². The first kappa shape index (κ1) is 14.9. The van der Waals surface area contributed by atoms with Crippen LogP contribution in [0.15, 0.2) is 0 Å². The Morgan fingerprint density at radius 1 is 1.40 bits per heavy atom. The SMILES string of the molecule is CCc1nnc(NC(=O)[C@@H](C)N2CCCCCC2=O)s1. The van der Waals surface area contributed by atoms with Gasteiger partial charge in [-0.2, -0.15) is 0 Å². The third-order valence-corrected chi connectivity index (χ3v) is 4.44. The third-order valence-electron chi connectivity index (χ3n) is 3.46. The summed E-state index contributed by atoms with van der Waals surface area (Å²) in [6, 6.07) is -0.463. The lowest BCUT2D eigenvalue weighted by Crippen LogP contribution is -2.45. The molecule has 2 amide bonds. The summed E-state index contributed by atoms with van der Waals surface area (Å²) in [5.74, 6) is -0.129. The van der Waals surface area contributed by atoms with Crippen LogP contribution in [0.1, 0.15) is 44.5 Å². The molecule has 20 heavy (non-hydrogen) atoms. The number of carbonyl (C=O) groups is 2. The van der Waals surface area contributed by atoms with E-state index in [1.165, 1.54) is 11.3 Å². The molecule has 0 unspecified atom stereocenters. The molecule has 0 aromatic carbocycles. The standard InChI is InChI=1S/C13H20N4O2S/c1-3-10-15-16-13(20-10)14-12(19)9(2)17-8-6-4-5-7-11(17)18/h9H,3-8H2,1-2H3,(H,14,16,19)/t9-/m1/s1. The first-order valence-electron chi connectivity index (χ1n) is 7.04. The lowest BCUT2D eigenvalue weighted by Gasteiger charge is -2.26. The number of carbonyl (C=O) groups excluding carboxylic acids is 2. The summed E-state index contributed by atoms with van der Waals surface area (Å²) in [5, 5.41) is 12.0. The van der Waals surface area contributed by atoms with Crippen molar-refractivity contribution in [1.82, 2.24) is 15.1 Å². The number of likely N-dealkylation sites (tertiary alicyclic amines) is 1. The summed E-state index contributed by atoms with van der Waals surface area (Å²) in [7, 11) is 0. The number of rotatable bonds is 4. The zero-order valence-electron chi connectivity index (χ0n) is 11.9. The first-order chi connectivity index (χ1) is 9.61. The second-order valence-electron chi connectivity index (χ2n) is 4.92. The van der Waals surface area contributed by atoms with Crippen LogP contribution in [0.5, 0.6) is 0 Å². The van der Waals surface area contributed by atoms with Crippen LogP contribution in [0.25, 0.3) is 0 Å². The van der Waals surface area contributed by atoms with Crippen molar-refractivity contribution in [1.29, 1.82) is 0 Å². The van der Waals surface area contributed by atoms with E-state index in [2.05, 4.69) is 15.5 Å². The summed E-state index contributed by atoms with van der Waals surface area (Å²) in [6.45, 7) is 4.41. The zero-order valence-corrected chi connectivity index (χ0v) is 12.7. The highest BCUT2D eigenvalue weighted by Gasteiger charge is 2.27. The van der Waals surface area contributed by atoms with E-state index in [1.54, 1.807) is 11.8 Å². The summed E-state index contributed by atoms with van der Waals surface area (Å²) in [6.07, 6.45) is 4.26. The average molecular weight is 296 g/mol. The Hall–Kier alpha value is -1.50. The molecule has 1 aliphatic rings. The van der Waals surface area contributed by atoms with Gasteiger partial charge >= 0.3 is 0 Å². The highest BCUT2D eigenvalue weighted by atomic mass is 32.1. The fourth-order valence-corrected chi connectivity index (χ4v) is 2.89. The van der Waals surface area contributed by atoms with Gasteiger partial charge in [-0.25, -0.2) is 0 Å². The van der Waals surface area contributed by atoms with Gasteiger partial charge in [-0.3, -0.25) is 14.9 Å². The van der Waals surface area contributed by atoms with Gasteiger partial charge in [-0.05, 0) is 26.2 Å². The van der Waals surface area contributed by atoms with Gasteiger partial charge in [0.15, 0.2) is 0 Å². The molecular weight excluding hydrogens is 276 g/mol. The molecule has 6 nitrogen and oxygen atoms in total. The topological polar surface area (TPSA) is 75.2 Å². The molecule has 1 aromatic rings. The molecule has 1 fully saturated rings. The van der Waals surface area contributed by atoms with E-state index in [4.69, 9.17) is 0 Å². The van der Waals surface area contributed by atoms with Crippen LogP contribution in [0.4, 0.5) is 5.13 Å². The summed E-state index contributed by atoms with van der Waals surface area (Å²) in [5.41, 5.74) is 0. The van der Waals surface area contributed by atoms with Gasteiger partial charge in [0.05, 0.1) is 0 Å². The van der Waals surface area contributed by atoms with Crippen LogP contribution in [0.2, 0.25) is 0 Å². The Morgan fingerprint density at radius 2 is 2.20 bits per heavy atom. The number of anilines is 1. The van der Waals surface area contributed by atoms with Crippen molar-refractivity contribution in [3.8, 4) is 0 Å². The van der Waals surface area contributed by atoms with Crippen LogP contribution in [-0.4, -0.2) is 39.5 Å². The average Bonchev–Trinajstić information content (AvgIpc) is 2.78. The molecule has 1 saturated heterocycles. The molecule has 1 aliphatic heterocycles. The summed E-state index contributed by atoms with van der Waals surface area (Å²) < 4.78 is 0. The molecule has 2 rings (SSSR count). The Morgan fingerprint density at radius 3 is 2.90 bits per heavy atom. The van der Waals surface area contributed by atoms with Gasteiger partial charge in [0.2, 0.25) is 16.9 Å². The Bertz CT molecular complexity index is 488. The highest BCUT2D eigenvalue weighted by molar-refractivity contribution is 7.15. The van der Waals surface area contributed by atoms with E-state index in [0.29, 0.717) is 18.1 Å². The number of nitrogens with one attached hydrogen (secondary N) is 1. The van der Waals surface area contributed by atoms with Gasteiger partial charge in [0, 0.05) is 13.0 Å². The Balaban J connectivity index is 1.98. The molecule has 0 saturated carbocycles. The minimum Gasteiger partial charge on any atom is -0.331 e. The number of hydrogen-bond donors (Lipinski definition) is 1. The number of hydrogen-bond acceptors (Lipinski definition) is 5. The molecule has 2 heterocycles. The van der Waals surface area contributed by atoms with Crippen molar-refractivity contribution in [3.05, 3.63) is 5.01 Å². The maximum atomic E-state index is 12.2. The normalized spacial score (nSPS) is 17.7. The molecule has 0 spiro atoms. The fourth-order valence-electron chi connectivity index (χ4n) is 2.21. The number of amides is 2. The number of aryl methyl sites for hydroxylation is 1. The van der Waals surface area contributed by atoms with Crippen molar-refractivity contribution < 1.29 is 9.59 Å². The van der Waals surface area contributed by atoms with Crippen molar-refractivity contribution in [2.24, 2.45) is 0 Å². The maximum Gasteiger partial charge on any atom is 0.248 e. The molecule has 0 radical (unpaired) electrons. The van der Waals surface area contributed by atoms with E-state index in [0.717, 1.165) is 30.7 Å². The molecule has 0 aliphatic carbocycles. The molecule has 1 aromatic heterocycles. The van der Waals surface area contributed by atoms with Crippen LogP contribution < -0.4 is 5.32 Å². The van der Waals surface area contributed by atoms with E-state index >= 15 is 0 Å². The van der Waals surface area contributed by atoms with Crippen molar-refractivity contribution in [2.45, 2.75) is 52.0 Å². The molecule has 7 heteroatoms. The van der Waals surface area contributed by atoms with Crippen LogP contribution in [0, 0.1) is 0 Å². The minimum atomic E-state index is -0.463. The molecule has 110 valence electrons. The summed E-state index contributed by atoms with van der Waals surface area (Å²) >= 11 is 1.37. The largest absolute Gasteiger partial charge is 0.331 e. The minimum absolute atomic E-state index is 0.0664. The Labute approximate surface area is 122 Å². The monoisotopic (exact) mass is 296 g/mol. The van der Waals surface area contributed by atoms with Crippen molar-refractivity contribution in [2.75, 3.05) is 11.9 Å². The lowest BCUT2D eigenvalue weighted by molar-refractivity contribution is -0.137. The highest BCUT2D eigenvalue weighted by Crippen LogP contribution is 2.18. The molecule has 1 atom stereocenters. The van der Waals surface area contributed by atoms with Gasteiger partial charge < -0.3 is 4.90 Å². The summed E-state index contributed by atoms with van der Waals surface area (Å²) in [4.78, 5) is 25.9. The molecule has 1 N–H and O–H groups in total. The number of nitrogens with zero attached hydrogens (tertiary/aromatic N) is 3. The van der Waals surface area contributed by atoms with Crippen molar-refractivity contribution >= 4 is 28.3 Å². The van der Waals surface area contributed by atoms with Gasteiger partial charge in [0.25, 0.3) is 0 Å². The fraction of sp³-hybridized carbons (Fsp3) is 0.692. The van der Waals surface area contributed by atoms with Gasteiger partial charge in [-0.1, -0.05) is 24.7 Å². The second kappa shape index (κ2) is 6.78. The predicted molar refractivity (Wildman–Crippen MR) is 77.6 cm³/mol. The maximum absolute atomic E-state index is 12.2. The zero-order chi connectivity index (χ0) is 14.5. The van der Waals surface area contributed by atoms with Crippen LogP contribution >= 0.6 is 11.3 Å². The smallest absolute Gasteiger partial charge is 0.248 e. The van der Waals surface area contributed by atoms with Gasteiger partial charge in [-0.15, -0.1) is 10.2 Å².